The summed E-state index contributed by atoms with van der Waals surface area (Å²) < 4.78 is 0. The summed E-state index contributed by atoms with van der Waals surface area (Å²) >= 11 is 1.45. The fraction of sp³-hybridized carbons (Fsp3) is 0.526. The van der Waals surface area contributed by atoms with E-state index in [1.54, 1.807) is 11.3 Å². The molecule has 1 aromatic rings. The summed E-state index contributed by atoms with van der Waals surface area (Å²) in [5.74, 6) is 8.89. The first kappa shape index (κ1) is 18.5. The van der Waals surface area contributed by atoms with Crippen molar-refractivity contribution in [3.8, 4) is 0 Å². The van der Waals surface area contributed by atoms with Crippen molar-refractivity contribution in [3.63, 3.8) is 0 Å². The van der Waals surface area contributed by atoms with Crippen molar-refractivity contribution in [3.05, 3.63) is 23.5 Å². The molecule has 4 N–H and O–H groups in total. The SMILES string of the molecule is C=N/C(=C1/c2cc[nH]c2N=CN1N)[C@H]1CC[C@H](CNC2CCSC2=O)CC1. The van der Waals surface area contributed by atoms with Gasteiger partial charge in [0.25, 0.3) is 0 Å². The van der Waals surface area contributed by atoms with Gasteiger partial charge in [-0.05, 0) is 57.4 Å². The highest BCUT2D eigenvalue weighted by molar-refractivity contribution is 8.14. The molecule has 1 saturated carbocycles. The number of H-pyrrole nitrogens is 1. The lowest BCUT2D eigenvalue weighted by Gasteiger charge is -2.32. The molecular weight excluding hydrogens is 360 g/mol. The van der Waals surface area contributed by atoms with Crippen molar-refractivity contribution in [2.24, 2.45) is 27.7 Å². The van der Waals surface area contributed by atoms with Crippen molar-refractivity contribution in [1.29, 1.82) is 0 Å². The standard InChI is InChI=1S/C19H26N6OS/c1-21-16(17-14-6-8-22-18(14)24-11-25(17)20)13-4-2-12(3-5-13)10-23-15-7-9-27-19(15)26/h6,8,11-13,15,22-23H,1-5,7,9-10,20H2/b17-16-/t12-,13-,15?. The average molecular weight is 387 g/mol. The van der Waals surface area contributed by atoms with Gasteiger partial charge in [0.15, 0.2) is 0 Å². The summed E-state index contributed by atoms with van der Waals surface area (Å²) in [4.78, 5) is 23.6. The number of thioether (sulfide) groups is 1. The zero-order chi connectivity index (χ0) is 18.8. The van der Waals surface area contributed by atoms with Crippen molar-refractivity contribution in [2.75, 3.05) is 12.3 Å². The lowest BCUT2D eigenvalue weighted by atomic mass is 9.79. The molecule has 1 unspecified atom stereocenters. The van der Waals surface area contributed by atoms with Crippen LogP contribution in [0.15, 0.2) is 27.9 Å². The first-order valence-corrected chi connectivity index (χ1v) is 10.5. The third-order valence-corrected chi connectivity index (χ3v) is 6.79. The Bertz CT molecular complexity index is 777. The molecule has 3 heterocycles. The highest BCUT2D eigenvalue weighted by atomic mass is 32.2. The van der Waals surface area contributed by atoms with Gasteiger partial charge in [-0.15, -0.1) is 0 Å². The molecule has 2 aliphatic heterocycles. The van der Waals surface area contributed by atoms with Gasteiger partial charge in [0.05, 0.1) is 17.4 Å². The monoisotopic (exact) mass is 386 g/mol. The van der Waals surface area contributed by atoms with Gasteiger partial charge in [0.2, 0.25) is 5.12 Å². The average Bonchev–Trinajstić information content (AvgIpc) is 3.32. The van der Waals surface area contributed by atoms with Gasteiger partial charge in [-0.3, -0.25) is 14.8 Å². The van der Waals surface area contributed by atoms with Crippen LogP contribution in [0.5, 0.6) is 0 Å². The summed E-state index contributed by atoms with van der Waals surface area (Å²) in [7, 11) is 0. The van der Waals surface area contributed by atoms with Gasteiger partial charge < -0.3 is 10.3 Å². The van der Waals surface area contributed by atoms with Crippen LogP contribution in [0, 0.1) is 11.8 Å². The van der Waals surface area contributed by atoms with E-state index >= 15 is 0 Å². The largest absolute Gasteiger partial charge is 0.346 e. The molecule has 144 valence electrons. The van der Waals surface area contributed by atoms with E-state index in [2.05, 4.69) is 27.0 Å². The molecule has 1 aromatic heterocycles. The van der Waals surface area contributed by atoms with Crippen LogP contribution in [-0.2, 0) is 4.79 Å². The summed E-state index contributed by atoms with van der Waals surface area (Å²) in [5.41, 5.74) is 2.83. The van der Waals surface area contributed by atoms with Crippen molar-refractivity contribution >= 4 is 41.4 Å². The zero-order valence-corrected chi connectivity index (χ0v) is 16.2. The number of rotatable bonds is 5. The molecule has 7 nitrogen and oxygen atoms in total. The van der Waals surface area contributed by atoms with Gasteiger partial charge >= 0.3 is 0 Å². The maximum absolute atomic E-state index is 11.8. The molecule has 0 amide bonds. The van der Waals surface area contributed by atoms with Crippen LogP contribution in [0.25, 0.3) is 5.70 Å². The van der Waals surface area contributed by atoms with Crippen LogP contribution in [0.2, 0.25) is 0 Å². The Hall–Kier alpha value is -1.90. The summed E-state index contributed by atoms with van der Waals surface area (Å²) in [6.07, 6.45) is 8.80. The number of nitrogens with zero attached hydrogens (tertiary/aromatic N) is 3. The summed E-state index contributed by atoms with van der Waals surface area (Å²) in [6, 6.07) is 2.04. The quantitative estimate of drug-likeness (QED) is 0.534. The van der Waals surface area contributed by atoms with Crippen molar-refractivity contribution in [1.82, 2.24) is 15.3 Å². The van der Waals surface area contributed by atoms with Crippen LogP contribution in [0.1, 0.15) is 37.7 Å². The van der Waals surface area contributed by atoms with E-state index in [4.69, 9.17) is 5.84 Å². The first-order valence-electron chi connectivity index (χ1n) is 9.54. The Kier molecular flexibility index (Phi) is 5.47. The molecule has 1 aliphatic carbocycles. The first-order chi connectivity index (χ1) is 13.2. The fourth-order valence-corrected chi connectivity index (χ4v) is 5.23. The minimum atomic E-state index is 0.0552. The highest BCUT2D eigenvalue weighted by Crippen LogP contribution is 2.40. The number of hydrazine groups is 1. The van der Waals surface area contributed by atoms with Gasteiger partial charge in [-0.25, -0.2) is 10.8 Å². The van der Waals surface area contributed by atoms with E-state index in [1.165, 1.54) is 11.8 Å². The highest BCUT2D eigenvalue weighted by Gasteiger charge is 2.31. The number of allylic oxidation sites excluding steroid dienone is 1. The summed E-state index contributed by atoms with van der Waals surface area (Å²) in [5, 5.41) is 5.33. The van der Waals surface area contributed by atoms with E-state index in [0.717, 1.165) is 67.2 Å². The number of hydrogen-bond donors (Lipinski definition) is 3. The molecule has 27 heavy (non-hydrogen) atoms. The molecule has 0 radical (unpaired) electrons. The Morgan fingerprint density at radius 2 is 2.22 bits per heavy atom. The number of aromatic nitrogens is 1. The number of fused-ring (bicyclic) bond motifs is 1. The maximum Gasteiger partial charge on any atom is 0.205 e. The lowest BCUT2D eigenvalue weighted by Crippen LogP contribution is -2.37. The van der Waals surface area contributed by atoms with Crippen LogP contribution < -0.4 is 11.2 Å². The fourth-order valence-electron chi connectivity index (χ4n) is 4.27. The Morgan fingerprint density at radius 3 is 2.93 bits per heavy atom. The molecular formula is C19H26N6OS. The van der Waals surface area contributed by atoms with Gasteiger partial charge in [0, 0.05) is 23.4 Å². The second-order valence-corrected chi connectivity index (χ2v) is 8.52. The maximum atomic E-state index is 11.8. The minimum absolute atomic E-state index is 0.0552. The van der Waals surface area contributed by atoms with Crippen LogP contribution in [0.4, 0.5) is 5.82 Å². The molecule has 1 atom stereocenters. The number of nitrogens with two attached hydrogens (primary N) is 1. The minimum Gasteiger partial charge on any atom is -0.346 e. The predicted octanol–water partition coefficient (Wildman–Crippen LogP) is 2.66. The van der Waals surface area contributed by atoms with Crippen LogP contribution in [-0.4, -0.2) is 46.5 Å². The van der Waals surface area contributed by atoms with E-state index in [9.17, 15) is 4.79 Å². The molecule has 1 saturated heterocycles. The van der Waals surface area contributed by atoms with E-state index < -0.39 is 0 Å². The molecule has 0 aromatic carbocycles. The smallest absolute Gasteiger partial charge is 0.205 e. The van der Waals surface area contributed by atoms with Crippen LogP contribution >= 0.6 is 11.8 Å². The number of nitrogens with one attached hydrogen (secondary N) is 2. The Balaban J connectivity index is 1.41. The van der Waals surface area contributed by atoms with Crippen molar-refractivity contribution < 1.29 is 4.79 Å². The molecule has 2 fully saturated rings. The molecule has 3 aliphatic rings. The predicted molar refractivity (Wildman–Crippen MR) is 111 cm³/mol. The number of carbonyl (C=O) groups is 1. The van der Waals surface area contributed by atoms with Crippen LogP contribution in [0.3, 0.4) is 0 Å². The van der Waals surface area contributed by atoms with E-state index in [0.29, 0.717) is 17.0 Å². The van der Waals surface area contributed by atoms with E-state index in [1.807, 2.05) is 12.3 Å². The number of carbonyl (C=O) groups excluding carboxylic acids is 1. The molecule has 4 rings (SSSR count). The number of hydrogen-bond acceptors (Lipinski definition) is 7. The Labute approximate surface area is 163 Å². The van der Waals surface area contributed by atoms with Gasteiger partial charge in [-0.1, -0.05) is 11.8 Å². The molecule has 0 spiro atoms. The third kappa shape index (κ3) is 3.74. The van der Waals surface area contributed by atoms with E-state index in [-0.39, 0.29) is 6.04 Å². The van der Waals surface area contributed by atoms with Gasteiger partial charge in [-0.2, -0.15) is 0 Å². The number of aromatic amines is 1. The second kappa shape index (κ2) is 8.00. The number of aliphatic imine (C=N–C) groups is 2. The second-order valence-electron chi connectivity index (χ2n) is 7.42. The lowest BCUT2D eigenvalue weighted by molar-refractivity contribution is -0.112. The normalized spacial score (nSPS) is 29.7. The third-order valence-electron chi connectivity index (χ3n) is 5.78. The molecule has 0 bridgehead atoms. The van der Waals surface area contributed by atoms with Gasteiger partial charge in [0.1, 0.15) is 12.2 Å². The summed E-state index contributed by atoms with van der Waals surface area (Å²) in [6.45, 7) is 4.75. The molecule has 8 heteroatoms. The Morgan fingerprint density at radius 1 is 1.41 bits per heavy atom. The zero-order valence-electron chi connectivity index (χ0n) is 15.4. The topological polar surface area (TPSA) is 98.9 Å². The van der Waals surface area contributed by atoms with Crippen molar-refractivity contribution in [2.45, 2.75) is 38.1 Å².